The molecule has 0 saturated heterocycles. The van der Waals surface area contributed by atoms with Crippen molar-refractivity contribution >= 4 is 28.9 Å². The first-order valence-corrected chi connectivity index (χ1v) is 8.31. The molecule has 0 unspecified atom stereocenters. The van der Waals surface area contributed by atoms with Crippen molar-refractivity contribution in [3.05, 3.63) is 46.7 Å². The van der Waals surface area contributed by atoms with Crippen molar-refractivity contribution < 1.29 is 13.9 Å². The molecule has 3 rings (SSSR count). The summed E-state index contributed by atoms with van der Waals surface area (Å²) >= 11 is 2.66. The van der Waals surface area contributed by atoms with E-state index in [1.165, 1.54) is 23.1 Å². The molecule has 5 nitrogen and oxygen atoms in total. The van der Waals surface area contributed by atoms with Gasteiger partial charge in [-0.15, -0.1) is 21.5 Å². The standard InChI is InChI=1S/C15H12N2O3S2/c1-19-12-6-3-2-5-10(12)14-16-17-15(20-14)22-9-11(18)13-7-4-8-21-13/h2-8H,9H2,1H3. The number of hydrogen-bond donors (Lipinski definition) is 0. The third-order valence-corrected chi connectivity index (χ3v) is 4.60. The first-order valence-electron chi connectivity index (χ1n) is 6.44. The van der Waals surface area contributed by atoms with Gasteiger partial charge in [0, 0.05) is 0 Å². The van der Waals surface area contributed by atoms with Crippen LogP contribution in [0.2, 0.25) is 0 Å². The molecule has 0 fully saturated rings. The lowest BCUT2D eigenvalue weighted by molar-refractivity contribution is 0.102. The van der Waals surface area contributed by atoms with Gasteiger partial charge in [0.15, 0.2) is 5.78 Å². The molecule has 0 aliphatic carbocycles. The Morgan fingerprint density at radius 3 is 2.91 bits per heavy atom. The van der Waals surface area contributed by atoms with Gasteiger partial charge in [-0.3, -0.25) is 4.79 Å². The molecule has 0 aliphatic rings. The third kappa shape index (κ3) is 3.20. The SMILES string of the molecule is COc1ccccc1-c1nnc(SCC(=O)c2cccs2)o1. The summed E-state index contributed by atoms with van der Waals surface area (Å²) in [5.74, 6) is 1.37. The number of aromatic nitrogens is 2. The smallest absolute Gasteiger partial charge is 0.277 e. The van der Waals surface area contributed by atoms with Crippen LogP contribution in [0.4, 0.5) is 0 Å². The number of thioether (sulfide) groups is 1. The van der Waals surface area contributed by atoms with Crippen molar-refractivity contribution in [3.8, 4) is 17.2 Å². The lowest BCUT2D eigenvalue weighted by Gasteiger charge is -2.03. The van der Waals surface area contributed by atoms with Gasteiger partial charge in [0.2, 0.25) is 0 Å². The summed E-state index contributed by atoms with van der Waals surface area (Å²) in [5.41, 5.74) is 0.730. The molecule has 2 heterocycles. The summed E-state index contributed by atoms with van der Waals surface area (Å²) in [7, 11) is 1.59. The Kier molecular flexibility index (Phi) is 4.55. The number of para-hydroxylation sites is 1. The Labute approximate surface area is 135 Å². The molecule has 0 saturated carbocycles. The highest BCUT2D eigenvalue weighted by Crippen LogP contribution is 2.30. The molecule has 3 aromatic rings. The van der Waals surface area contributed by atoms with Crippen LogP contribution in [0.25, 0.3) is 11.5 Å². The van der Waals surface area contributed by atoms with E-state index in [9.17, 15) is 4.79 Å². The number of rotatable bonds is 6. The molecule has 0 amide bonds. The van der Waals surface area contributed by atoms with E-state index in [0.29, 0.717) is 16.9 Å². The number of carbonyl (C=O) groups is 1. The molecule has 22 heavy (non-hydrogen) atoms. The molecule has 0 N–H and O–H groups in total. The van der Waals surface area contributed by atoms with Crippen LogP contribution in [0.5, 0.6) is 5.75 Å². The second kappa shape index (κ2) is 6.76. The number of ketones is 1. The van der Waals surface area contributed by atoms with Gasteiger partial charge in [0.25, 0.3) is 11.1 Å². The largest absolute Gasteiger partial charge is 0.496 e. The molecule has 2 aromatic heterocycles. The number of hydrogen-bond acceptors (Lipinski definition) is 7. The van der Waals surface area contributed by atoms with Gasteiger partial charge >= 0.3 is 0 Å². The van der Waals surface area contributed by atoms with Gasteiger partial charge in [-0.25, -0.2) is 0 Å². The summed E-state index contributed by atoms with van der Waals surface area (Å²) in [6, 6.07) is 11.1. The number of benzene rings is 1. The quantitative estimate of drug-likeness (QED) is 0.505. The number of thiophene rings is 1. The Morgan fingerprint density at radius 1 is 1.27 bits per heavy atom. The van der Waals surface area contributed by atoms with Crippen molar-refractivity contribution in [2.24, 2.45) is 0 Å². The Morgan fingerprint density at radius 2 is 2.14 bits per heavy atom. The number of methoxy groups -OCH3 is 1. The van der Waals surface area contributed by atoms with Gasteiger partial charge in [0.1, 0.15) is 5.75 Å². The Balaban J connectivity index is 1.70. The van der Waals surface area contributed by atoms with Crippen LogP contribution in [0.15, 0.2) is 51.4 Å². The van der Waals surface area contributed by atoms with Crippen molar-refractivity contribution in [2.45, 2.75) is 5.22 Å². The number of nitrogens with zero attached hydrogens (tertiary/aromatic N) is 2. The van der Waals surface area contributed by atoms with Crippen molar-refractivity contribution in [1.82, 2.24) is 10.2 Å². The fourth-order valence-corrected chi connectivity index (χ4v) is 3.24. The van der Waals surface area contributed by atoms with E-state index in [0.717, 1.165) is 10.4 Å². The zero-order valence-corrected chi connectivity index (χ0v) is 13.3. The zero-order chi connectivity index (χ0) is 15.4. The van der Waals surface area contributed by atoms with Gasteiger partial charge in [-0.05, 0) is 23.6 Å². The fourth-order valence-electron chi connectivity index (χ4n) is 1.83. The van der Waals surface area contributed by atoms with E-state index in [2.05, 4.69) is 10.2 Å². The van der Waals surface area contributed by atoms with Crippen LogP contribution >= 0.6 is 23.1 Å². The Hall–Kier alpha value is -2.12. The minimum Gasteiger partial charge on any atom is -0.496 e. The summed E-state index contributed by atoms with van der Waals surface area (Å²) in [4.78, 5) is 12.7. The first kappa shape index (κ1) is 14.8. The molecular formula is C15H12N2O3S2. The highest BCUT2D eigenvalue weighted by molar-refractivity contribution is 7.99. The summed E-state index contributed by atoms with van der Waals surface area (Å²) in [5, 5.41) is 10.2. The second-order valence-corrected chi connectivity index (χ2v) is 6.14. The van der Waals surface area contributed by atoms with E-state index in [4.69, 9.17) is 9.15 Å². The van der Waals surface area contributed by atoms with Crippen molar-refractivity contribution in [3.63, 3.8) is 0 Å². The van der Waals surface area contributed by atoms with Crippen LogP contribution in [-0.4, -0.2) is 28.8 Å². The fraction of sp³-hybridized carbons (Fsp3) is 0.133. The highest BCUT2D eigenvalue weighted by atomic mass is 32.2. The number of ether oxygens (including phenoxy) is 1. The van der Waals surface area contributed by atoms with Crippen LogP contribution < -0.4 is 4.74 Å². The average molecular weight is 332 g/mol. The molecule has 0 atom stereocenters. The van der Waals surface area contributed by atoms with E-state index in [1.54, 1.807) is 7.11 Å². The van der Waals surface area contributed by atoms with Crippen LogP contribution in [0, 0.1) is 0 Å². The predicted octanol–water partition coefficient (Wildman–Crippen LogP) is 3.78. The lowest BCUT2D eigenvalue weighted by atomic mass is 10.2. The second-order valence-electron chi connectivity index (χ2n) is 4.26. The maximum atomic E-state index is 11.9. The van der Waals surface area contributed by atoms with Gasteiger partial charge in [-0.1, -0.05) is 30.0 Å². The van der Waals surface area contributed by atoms with Crippen LogP contribution in [0.1, 0.15) is 9.67 Å². The summed E-state index contributed by atoms with van der Waals surface area (Å²) in [6.07, 6.45) is 0. The third-order valence-electron chi connectivity index (χ3n) is 2.87. The number of Topliss-reactive ketones (excluding diaryl/α,β-unsaturated/α-hetero) is 1. The first-order chi connectivity index (χ1) is 10.8. The molecule has 1 aromatic carbocycles. The van der Waals surface area contributed by atoms with E-state index < -0.39 is 0 Å². The zero-order valence-electron chi connectivity index (χ0n) is 11.7. The van der Waals surface area contributed by atoms with Gasteiger partial charge in [-0.2, -0.15) is 0 Å². The van der Waals surface area contributed by atoms with E-state index in [1.807, 2.05) is 41.8 Å². The molecule has 0 radical (unpaired) electrons. The van der Waals surface area contributed by atoms with Crippen molar-refractivity contribution in [2.75, 3.05) is 12.9 Å². The lowest BCUT2D eigenvalue weighted by Crippen LogP contribution is -1.98. The summed E-state index contributed by atoms with van der Waals surface area (Å²) in [6.45, 7) is 0. The van der Waals surface area contributed by atoms with Gasteiger partial charge < -0.3 is 9.15 Å². The van der Waals surface area contributed by atoms with Crippen molar-refractivity contribution in [1.29, 1.82) is 0 Å². The number of carbonyl (C=O) groups excluding carboxylic acids is 1. The predicted molar refractivity (Wildman–Crippen MR) is 85.7 cm³/mol. The topological polar surface area (TPSA) is 65.2 Å². The Bertz CT molecular complexity index is 769. The summed E-state index contributed by atoms with van der Waals surface area (Å²) < 4.78 is 10.9. The molecule has 7 heteroatoms. The molecule has 0 aliphatic heterocycles. The van der Waals surface area contributed by atoms with Gasteiger partial charge in [0.05, 0.1) is 23.3 Å². The minimum absolute atomic E-state index is 0.0528. The maximum Gasteiger partial charge on any atom is 0.277 e. The average Bonchev–Trinajstić information content (AvgIpc) is 3.24. The molecule has 112 valence electrons. The van der Waals surface area contributed by atoms with E-state index in [-0.39, 0.29) is 11.5 Å². The molecular weight excluding hydrogens is 320 g/mol. The maximum absolute atomic E-state index is 11.9. The minimum atomic E-state index is 0.0528. The van der Waals surface area contributed by atoms with Crippen LogP contribution in [-0.2, 0) is 0 Å². The normalized spacial score (nSPS) is 10.6. The molecule has 0 bridgehead atoms. The molecule has 0 spiro atoms. The van der Waals surface area contributed by atoms with E-state index >= 15 is 0 Å². The van der Waals surface area contributed by atoms with Crippen LogP contribution in [0.3, 0.4) is 0 Å². The highest BCUT2D eigenvalue weighted by Gasteiger charge is 2.15. The monoisotopic (exact) mass is 332 g/mol.